The van der Waals surface area contributed by atoms with Crippen LogP contribution in [0.2, 0.25) is 0 Å². The van der Waals surface area contributed by atoms with E-state index in [0.29, 0.717) is 22.7 Å². The Morgan fingerprint density at radius 3 is 2.30 bits per heavy atom. The number of hydrogen-bond donors (Lipinski definition) is 2. The van der Waals surface area contributed by atoms with Crippen LogP contribution >= 0.6 is 0 Å². The van der Waals surface area contributed by atoms with E-state index >= 15 is 0 Å². The molecular weight excluding hydrogens is 292 g/mol. The van der Waals surface area contributed by atoms with Gasteiger partial charge in [-0.25, -0.2) is 0 Å². The molecule has 0 fully saturated rings. The second-order valence-corrected chi connectivity index (χ2v) is 5.38. The van der Waals surface area contributed by atoms with Gasteiger partial charge in [0.05, 0.1) is 12.8 Å². The van der Waals surface area contributed by atoms with Gasteiger partial charge in [-0.2, -0.15) is 0 Å². The summed E-state index contributed by atoms with van der Waals surface area (Å²) < 4.78 is 5.29. The van der Waals surface area contributed by atoms with Gasteiger partial charge >= 0.3 is 0 Å². The van der Waals surface area contributed by atoms with E-state index in [1.165, 1.54) is 7.11 Å². The van der Waals surface area contributed by atoms with Crippen LogP contribution in [0.1, 0.15) is 24.2 Å². The van der Waals surface area contributed by atoms with Crippen LogP contribution in [0.4, 0.5) is 11.4 Å². The first kappa shape index (κ1) is 16.5. The van der Waals surface area contributed by atoms with Crippen LogP contribution in [-0.2, 0) is 4.79 Å². The maximum absolute atomic E-state index is 12.1. The van der Waals surface area contributed by atoms with Crippen molar-refractivity contribution in [3.8, 4) is 5.75 Å². The van der Waals surface area contributed by atoms with Gasteiger partial charge in [0.2, 0.25) is 5.91 Å². The Labute approximate surface area is 135 Å². The third-order valence-electron chi connectivity index (χ3n) is 3.28. The number of carbonyl (C=O) groups excluding carboxylic acids is 2. The van der Waals surface area contributed by atoms with Gasteiger partial charge in [-0.15, -0.1) is 0 Å². The Morgan fingerprint density at radius 2 is 1.70 bits per heavy atom. The molecule has 5 heteroatoms. The molecule has 2 amide bonds. The monoisotopic (exact) mass is 312 g/mol. The Morgan fingerprint density at radius 1 is 1.00 bits per heavy atom. The normalized spacial score (nSPS) is 10.3. The van der Waals surface area contributed by atoms with Gasteiger partial charge in [0, 0.05) is 23.2 Å². The lowest BCUT2D eigenvalue weighted by Crippen LogP contribution is -2.18. The lowest BCUT2D eigenvalue weighted by molar-refractivity contribution is -0.118. The Balaban J connectivity index is 2.15. The predicted molar refractivity (Wildman–Crippen MR) is 90.9 cm³/mol. The molecule has 2 rings (SSSR count). The number of rotatable bonds is 5. The fourth-order valence-corrected chi connectivity index (χ4v) is 1.94. The number of amides is 2. The molecule has 0 saturated heterocycles. The van der Waals surface area contributed by atoms with Gasteiger partial charge in [0.25, 0.3) is 5.91 Å². The van der Waals surface area contributed by atoms with Crippen molar-refractivity contribution < 1.29 is 14.3 Å². The zero-order valence-electron chi connectivity index (χ0n) is 13.4. The largest absolute Gasteiger partial charge is 0.494 e. The second kappa shape index (κ2) is 7.45. The maximum Gasteiger partial charge on any atom is 0.255 e. The molecule has 0 aromatic heterocycles. The summed E-state index contributed by atoms with van der Waals surface area (Å²) in [5.41, 5.74) is 1.74. The quantitative estimate of drug-likeness (QED) is 0.887. The standard InChI is InChI=1S/C18H20N2O3/c1-12(2)17(21)20-15-10-9-14(11-16(15)23-3)19-18(22)13-7-5-4-6-8-13/h4-12H,1-3H3,(H,19,22)(H,20,21). The highest BCUT2D eigenvalue weighted by molar-refractivity contribution is 6.04. The van der Waals surface area contributed by atoms with Crippen LogP contribution in [0.25, 0.3) is 0 Å². The molecule has 0 aliphatic heterocycles. The van der Waals surface area contributed by atoms with Crippen LogP contribution < -0.4 is 15.4 Å². The van der Waals surface area contributed by atoms with E-state index in [-0.39, 0.29) is 17.7 Å². The molecule has 0 aliphatic carbocycles. The number of nitrogens with one attached hydrogen (secondary N) is 2. The Hall–Kier alpha value is -2.82. The van der Waals surface area contributed by atoms with Crippen molar-refractivity contribution in [2.45, 2.75) is 13.8 Å². The summed E-state index contributed by atoms with van der Waals surface area (Å²) in [7, 11) is 1.52. The van der Waals surface area contributed by atoms with Crippen molar-refractivity contribution in [3.05, 3.63) is 54.1 Å². The zero-order chi connectivity index (χ0) is 16.8. The van der Waals surface area contributed by atoms with E-state index in [1.807, 2.05) is 19.9 Å². The van der Waals surface area contributed by atoms with Gasteiger partial charge in [0.15, 0.2) is 0 Å². The molecular formula is C18H20N2O3. The predicted octanol–water partition coefficient (Wildman–Crippen LogP) is 3.54. The van der Waals surface area contributed by atoms with E-state index < -0.39 is 0 Å². The van der Waals surface area contributed by atoms with Gasteiger partial charge in [-0.05, 0) is 24.3 Å². The molecule has 23 heavy (non-hydrogen) atoms. The Kier molecular flexibility index (Phi) is 5.36. The van der Waals surface area contributed by atoms with E-state index in [4.69, 9.17) is 4.74 Å². The van der Waals surface area contributed by atoms with E-state index in [9.17, 15) is 9.59 Å². The van der Waals surface area contributed by atoms with Crippen molar-refractivity contribution in [2.24, 2.45) is 5.92 Å². The lowest BCUT2D eigenvalue weighted by atomic mass is 10.2. The lowest BCUT2D eigenvalue weighted by Gasteiger charge is -2.13. The number of carbonyl (C=O) groups is 2. The van der Waals surface area contributed by atoms with Gasteiger partial charge < -0.3 is 15.4 Å². The molecule has 5 nitrogen and oxygen atoms in total. The molecule has 120 valence electrons. The highest BCUT2D eigenvalue weighted by Crippen LogP contribution is 2.28. The molecule has 0 spiro atoms. The first-order valence-electron chi connectivity index (χ1n) is 7.36. The number of benzene rings is 2. The zero-order valence-corrected chi connectivity index (χ0v) is 13.4. The summed E-state index contributed by atoms with van der Waals surface area (Å²) in [5.74, 6) is 0.0676. The molecule has 0 radical (unpaired) electrons. The third-order valence-corrected chi connectivity index (χ3v) is 3.28. The van der Waals surface area contributed by atoms with E-state index in [1.54, 1.807) is 42.5 Å². The van der Waals surface area contributed by atoms with Crippen LogP contribution in [0.3, 0.4) is 0 Å². The van der Waals surface area contributed by atoms with Crippen LogP contribution in [-0.4, -0.2) is 18.9 Å². The molecule has 0 unspecified atom stereocenters. The summed E-state index contributed by atoms with van der Waals surface area (Å²) in [5, 5.41) is 5.60. The summed E-state index contributed by atoms with van der Waals surface area (Å²) in [4.78, 5) is 23.9. The van der Waals surface area contributed by atoms with Crippen LogP contribution in [0.5, 0.6) is 5.75 Å². The van der Waals surface area contributed by atoms with Crippen molar-refractivity contribution in [1.82, 2.24) is 0 Å². The minimum atomic E-state index is -0.202. The number of ether oxygens (including phenoxy) is 1. The number of methoxy groups -OCH3 is 1. The highest BCUT2D eigenvalue weighted by atomic mass is 16.5. The summed E-state index contributed by atoms with van der Waals surface area (Å²) >= 11 is 0. The fourth-order valence-electron chi connectivity index (χ4n) is 1.94. The van der Waals surface area contributed by atoms with Gasteiger partial charge in [0.1, 0.15) is 5.75 Å². The minimum Gasteiger partial charge on any atom is -0.494 e. The smallest absolute Gasteiger partial charge is 0.255 e. The maximum atomic E-state index is 12.1. The molecule has 0 atom stereocenters. The van der Waals surface area contributed by atoms with E-state index in [2.05, 4.69) is 10.6 Å². The first-order chi connectivity index (χ1) is 11.0. The van der Waals surface area contributed by atoms with Crippen molar-refractivity contribution in [3.63, 3.8) is 0 Å². The first-order valence-corrected chi connectivity index (χ1v) is 7.36. The average molecular weight is 312 g/mol. The summed E-state index contributed by atoms with van der Waals surface area (Å²) in [6.45, 7) is 3.63. The fraction of sp³-hybridized carbons (Fsp3) is 0.222. The Bertz CT molecular complexity index is 697. The topological polar surface area (TPSA) is 67.4 Å². The molecule has 0 bridgehead atoms. The summed E-state index contributed by atoms with van der Waals surface area (Å²) in [6, 6.07) is 14.1. The van der Waals surface area contributed by atoms with Crippen LogP contribution in [0.15, 0.2) is 48.5 Å². The van der Waals surface area contributed by atoms with Crippen LogP contribution in [0, 0.1) is 5.92 Å². The van der Waals surface area contributed by atoms with Crippen molar-refractivity contribution >= 4 is 23.2 Å². The molecule has 2 aromatic rings. The minimum absolute atomic E-state index is 0.0932. The SMILES string of the molecule is COc1cc(NC(=O)c2ccccc2)ccc1NC(=O)C(C)C. The molecule has 0 heterocycles. The van der Waals surface area contributed by atoms with Gasteiger partial charge in [-0.1, -0.05) is 32.0 Å². The number of hydrogen-bond acceptors (Lipinski definition) is 3. The summed E-state index contributed by atoms with van der Waals surface area (Å²) in [6.07, 6.45) is 0. The molecule has 2 aromatic carbocycles. The average Bonchev–Trinajstić information content (AvgIpc) is 2.56. The number of anilines is 2. The second-order valence-electron chi connectivity index (χ2n) is 5.38. The van der Waals surface area contributed by atoms with Gasteiger partial charge in [-0.3, -0.25) is 9.59 Å². The van der Waals surface area contributed by atoms with Crippen molar-refractivity contribution in [2.75, 3.05) is 17.7 Å². The van der Waals surface area contributed by atoms with E-state index in [0.717, 1.165) is 0 Å². The van der Waals surface area contributed by atoms with Crippen molar-refractivity contribution in [1.29, 1.82) is 0 Å². The molecule has 0 aliphatic rings. The third kappa shape index (κ3) is 4.32. The molecule has 0 saturated carbocycles. The molecule has 2 N–H and O–H groups in total. The highest BCUT2D eigenvalue weighted by Gasteiger charge is 2.12.